The molecule has 0 aliphatic carbocycles. The fourth-order valence-electron chi connectivity index (χ4n) is 1.47. The van der Waals surface area contributed by atoms with Crippen LogP contribution in [0.5, 0.6) is 0 Å². The molecule has 0 saturated heterocycles. The van der Waals surface area contributed by atoms with Crippen LogP contribution in [0.1, 0.15) is 40.3 Å². The average molecular weight is 298 g/mol. The molecule has 0 unspecified atom stereocenters. The molecule has 0 N–H and O–H groups in total. The molecular weight excluding hydrogens is 276 g/mol. The zero-order valence-corrected chi connectivity index (χ0v) is 13.7. The maximum absolute atomic E-state index is 12.0. The van der Waals surface area contributed by atoms with E-state index in [9.17, 15) is 9.59 Å². The number of thioether (sulfide) groups is 1. The lowest BCUT2D eigenvalue weighted by Gasteiger charge is -2.20. The predicted molar refractivity (Wildman–Crippen MR) is 80.1 cm³/mol. The molecule has 6 heteroatoms. The molecule has 0 fully saturated rings. The Morgan fingerprint density at radius 1 is 1.50 bits per heavy atom. The Balaban J connectivity index is 3.09. The van der Waals surface area contributed by atoms with Gasteiger partial charge in [0.05, 0.1) is 12.3 Å². The molecule has 1 rings (SSSR count). The normalized spacial score (nSPS) is 13.1. The van der Waals surface area contributed by atoms with Crippen LogP contribution in [0.4, 0.5) is 0 Å². The third-order valence-corrected chi connectivity index (χ3v) is 3.88. The highest BCUT2D eigenvalue weighted by atomic mass is 32.2. The summed E-state index contributed by atoms with van der Waals surface area (Å²) in [7, 11) is 1.65. The van der Waals surface area contributed by atoms with E-state index < -0.39 is 5.25 Å². The molecule has 112 valence electrons. The number of rotatable bonds is 4. The van der Waals surface area contributed by atoms with Crippen molar-refractivity contribution in [1.82, 2.24) is 9.55 Å². The molecule has 0 aromatic carbocycles. The Morgan fingerprint density at radius 3 is 2.60 bits per heavy atom. The van der Waals surface area contributed by atoms with Gasteiger partial charge < -0.3 is 4.74 Å². The Bertz CT molecular complexity index is 546. The highest BCUT2D eigenvalue weighted by Gasteiger charge is 2.22. The Hall–Kier alpha value is -1.30. The van der Waals surface area contributed by atoms with Crippen LogP contribution in [-0.2, 0) is 22.0 Å². The molecule has 5 nitrogen and oxygen atoms in total. The summed E-state index contributed by atoms with van der Waals surface area (Å²) in [4.78, 5) is 28.2. The first-order valence-corrected chi connectivity index (χ1v) is 7.46. The van der Waals surface area contributed by atoms with E-state index in [-0.39, 0.29) is 16.9 Å². The smallest absolute Gasteiger partial charge is 0.319 e. The number of ether oxygens (including phenoxy) is 1. The van der Waals surface area contributed by atoms with Crippen LogP contribution in [0.25, 0.3) is 0 Å². The largest absolute Gasteiger partial charge is 0.465 e. The van der Waals surface area contributed by atoms with E-state index in [1.165, 1.54) is 16.3 Å². The van der Waals surface area contributed by atoms with Crippen LogP contribution in [-0.4, -0.2) is 27.4 Å². The highest BCUT2D eigenvalue weighted by Crippen LogP contribution is 2.24. The van der Waals surface area contributed by atoms with Crippen molar-refractivity contribution in [1.29, 1.82) is 0 Å². The van der Waals surface area contributed by atoms with Crippen LogP contribution in [0.3, 0.4) is 0 Å². The number of aromatic nitrogens is 2. The molecular formula is C14H22N2O3S. The van der Waals surface area contributed by atoms with Crippen LogP contribution in [0.15, 0.2) is 16.0 Å². The lowest BCUT2D eigenvalue weighted by atomic mass is 9.92. The first-order valence-electron chi connectivity index (χ1n) is 6.58. The van der Waals surface area contributed by atoms with Gasteiger partial charge in [-0.25, -0.2) is 4.98 Å². The van der Waals surface area contributed by atoms with Gasteiger partial charge in [0.2, 0.25) is 0 Å². The molecule has 0 aliphatic rings. The zero-order valence-electron chi connectivity index (χ0n) is 12.9. The molecule has 1 heterocycles. The summed E-state index contributed by atoms with van der Waals surface area (Å²) in [6.07, 6.45) is 0. The number of carbonyl (C=O) groups excluding carboxylic acids is 1. The Morgan fingerprint density at radius 2 is 2.10 bits per heavy atom. The summed E-state index contributed by atoms with van der Waals surface area (Å²) in [5.41, 5.74) is 0.387. The second kappa shape index (κ2) is 6.43. The lowest BCUT2D eigenvalue weighted by molar-refractivity contribution is -0.142. The van der Waals surface area contributed by atoms with Gasteiger partial charge >= 0.3 is 5.97 Å². The van der Waals surface area contributed by atoms with E-state index in [0.717, 1.165) is 5.69 Å². The van der Waals surface area contributed by atoms with E-state index in [4.69, 9.17) is 4.74 Å². The maximum atomic E-state index is 12.0. The summed E-state index contributed by atoms with van der Waals surface area (Å²) in [6.45, 7) is 9.86. The molecule has 20 heavy (non-hydrogen) atoms. The van der Waals surface area contributed by atoms with Gasteiger partial charge in [-0.05, 0) is 13.8 Å². The molecule has 0 aliphatic heterocycles. The third-order valence-electron chi connectivity index (χ3n) is 2.76. The molecule has 1 aromatic heterocycles. The predicted octanol–water partition coefficient (Wildman–Crippen LogP) is 2.12. The summed E-state index contributed by atoms with van der Waals surface area (Å²) in [5, 5.41) is 0.131. The minimum absolute atomic E-state index is 0.122. The van der Waals surface area contributed by atoms with Gasteiger partial charge in [0.25, 0.3) is 5.56 Å². The topological polar surface area (TPSA) is 61.2 Å². The lowest BCUT2D eigenvalue weighted by Crippen LogP contribution is -2.26. The maximum Gasteiger partial charge on any atom is 0.319 e. The van der Waals surface area contributed by atoms with Gasteiger partial charge in [0.1, 0.15) is 5.25 Å². The van der Waals surface area contributed by atoms with Gasteiger partial charge in [-0.2, -0.15) is 0 Å². The van der Waals surface area contributed by atoms with E-state index in [1.807, 2.05) is 20.8 Å². The second-order valence-corrected chi connectivity index (χ2v) is 6.89. The van der Waals surface area contributed by atoms with E-state index in [2.05, 4.69) is 4.98 Å². The van der Waals surface area contributed by atoms with Gasteiger partial charge in [-0.3, -0.25) is 14.2 Å². The van der Waals surface area contributed by atoms with Crippen molar-refractivity contribution >= 4 is 17.7 Å². The van der Waals surface area contributed by atoms with Crippen molar-refractivity contribution in [2.24, 2.45) is 7.05 Å². The van der Waals surface area contributed by atoms with Crippen LogP contribution in [0.2, 0.25) is 0 Å². The first-order chi connectivity index (χ1) is 9.16. The summed E-state index contributed by atoms with van der Waals surface area (Å²) in [5.74, 6) is -0.298. The molecule has 0 radical (unpaired) electrons. The second-order valence-electron chi connectivity index (χ2n) is 5.58. The van der Waals surface area contributed by atoms with Crippen molar-refractivity contribution in [3.8, 4) is 0 Å². The number of nitrogens with zero attached hydrogens (tertiary/aromatic N) is 2. The van der Waals surface area contributed by atoms with Crippen LogP contribution < -0.4 is 5.56 Å². The van der Waals surface area contributed by atoms with Gasteiger partial charge in [-0.1, -0.05) is 32.5 Å². The van der Waals surface area contributed by atoms with Crippen molar-refractivity contribution in [3.63, 3.8) is 0 Å². The third kappa shape index (κ3) is 4.10. The fraction of sp³-hybridized carbons (Fsp3) is 0.643. The minimum Gasteiger partial charge on any atom is -0.465 e. The molecule has 0 saturated carbocycles. The van der Waals surface area contributed by atoms with Gasteiger partial charge in [-0.15, -0.1) is 0 Å². The highest BCUT2D eigenvalue weighted by molar-refractivity contribution is 8.00. The number of esters is 1. The van der Waals surface area contributed by atoms with E-state index >= 15 is 0 Å². The minimum atomic E-state index is -0.400. The molecule has 1 atom stereocenters. The quantitative estimate of drug-likeness (QED) is 0.484. The summed E-state index contributed by atoms with van der Waals surface area (Å²) in [6, 6.07) is 1.54. The standard InChI is InChI=1S/C14H22N2O3S/c1-7-19-12(18)9(2)20-13-15-10(14(3,4)5)8-11(17)16(13)6/h8-9H,7H2,1-6H3/t9-/m1/s1. The number of hydrogen-bond acceptors (Lipinski definition) is 5. The summed E-state index contributed by atoms with van der Waals surface area (Å²) < 4.78 is 6.42. The van der Waals surface area contributed by atoms with Gasteiger partial charge in [0.15, 0.2) is 5.16 Å². The molecule has 0 spiro atoms. The van der Waals surface area contributed by atoms with E-state index in [0.29, 0.717) is 11.8 Å². The number of carbonyl (C=O) groups is 1. The first kappa shape index (κ1) is 16.8. The molecule has 0 amide bonds. The average Bonchev–Trinajstić information content (AvgIpc) is 2.33. The Labute approximate surface area is 123 Å². The van der Waals surface area contributed by atoms with Gasteiger partial charge in [0, 0.05) is 18.5 Å². The number of hydrogen-bond donors (Lipinski definition) is 0. The van der Waals surface area contributed by atoms with E-state index in [1.54, 1.807) is 27.0 Å². The van der Waals surface area contributed by atoms with Crippen molar-refractivity contribution in [2.45, 2.75) is 50.4 Å². The van der Waals surface area contributed by atoms with Crippen molar-refractivity contribution < 1.29 is 9.53 Å². The van der Waals surface area contributed by atoms with Crippen LogP contribution >= 0.6 is 11.8 Å². The Kier molecular flexibility index (Phi) is 5.39. The monoisotopic (exact) mass is 298 g/mol. The zero-order chi connectivity index (χ0) is 15.5. The fourth-order valence-corrected chi connectivity index (χ4v) is 2.35. The molecule has 1 aromatic rings. The van der Waals surface area contributed by atoms with Crippen LogP contribution in [0, 0.1) is 0 Å². The summed E-state index contributed by atoms with van der Waals surface area (Å²) >= 11 is 1.24. The molecule has 0 bridgehead atoms. The SMILES string of the molecule is CCOC(=O)[C@@H](C)Sc1nc(C(C)(C)C)cc(=O)n1C. The van der Waals surface area contributed by atoms with Crippen molar-refractivity contribution in [2.75, 3.05) is 6.61 Å². The van der Waals surface area contributed by atoms with Crippen molar-refractivity contribution in [3.05, 3.63) is 22.1 Å².